The number of benzene rings is 1. The first-order chi connectivity index (χ1) is 9.68. The Balaban J connectivity index is 1.79. The number of carbonyl (C=O) groups excluding carboxylic acids is 3. The minimum absolute atomic E-state index is 0.158. The SMILES string of the molecule is O=C1NC2C=CC1C1C(=O)N(c3ccccc3)C(=O)C21. The molecule has 1 aromatic carbocycles. The second kappa shape index (κ2) is 3.79. The van der Waals surface area contributed by atoms with Gasteiger partial charge in [0.15, 0.2) is 0 Å². The van der Waals surface area contributed by atoms with E-state index in [-0.39, 0.29) is 23.8 Å². The number of para-hydroxylation sites is 1. The van der Waals surface area contributed by atoms with Crippen LogP contribution >= 0.6 is 0 Å². The summed E-state index contributed by atoms with van der Waals surface area (Å²) in [5, 5.41) is 2.78. The highest BCUT2D eigenvalue weighted by molar-refractivity contribution is 6.24. The Hall–Kier alpha value is -2.43. The molecule has 4 atom stereocenters. The van der Waals surface area contributed by atoms with Gasteiger partial charge < -0.3 is 5.32 Å². The summed E-state index contributed by atoms with van der Waals surface area (Å²) in [4.78, 5) is 38.2. The highest BCUT2D eigenvalue weighted by Gasteiger charge is 2.59. The van der Waals surface area contributed by atoms with Crippen molar-refractivity contribution < 1.29 is 14.4 Å². The van der Waals surface area contributed by atoms with Crippen LogP contribution in [0.25, 0.3) is 0 Å². The third-order valence-corrected chi connectivity index (χ3v) is 4.32. The molecule has 4 unspecified atom stereocenters. The van der Waals surface area contributed by atoms with E-state index in [4.69, 9.17) is 0 Å². The van der Waals surface area contributed by atoms with Crippen molar-refractivity contribution in [2.45, 2.75) is 6.04 Å². The largest absolute Gasteiger partial charge is 0.349 e. The van der Waals surface area contributed by atoms with E-state index >= 15 is 0 Å². The van der Waals surface area contributed by atoms with Gasteiger partial charge in [0, 0.05) is 0 Å². The number of piperidine rings is 1. The third kappa shape index (κ3) is 1.29. The Morgan fingerprint density at radius 1 is 0.900 bits per heavy atom. The number of imide groups is 1. The Bertz CT molecular complexity index is 652. The molecule has 5 rings (SSSR count). The maximum Gasteiger partial charge on any atom is 0.240 e. The van der Waals surface area contributed by atoms with E-state index in [0.29, 0.717) is 5.69 Å². The van der Waals surface area contributed by atoms with Gasteiger partial charge in [-0.25, -0.2) is 4.90 Å². The first-order valence-corrected chi connectivity index (χ1v) is 6.60. The van der Waals surface area contributed by atoms with Crippen LogP contribution in [0.15, 0.2) is 42.5 Å². The summed E-state index contributed by atoms with van der Waals surface area (Å²) in [6.07, 6.45) is 3.58. The fourth-order valence-corrected chi connectivity index (χ4v) is 3.43. The molecule has 100 valence electrons. The molecule has 20 heavy (non-hydrogen) atoms. The highest BCUT2D eigenvalue weighted by Crippen LogP contribution is 2.43. The van der Waals surface area contributed by atoms with Crippen LogP contribution in [0.5, 0.6) is 0 Å². The zero-order valence-electron chi connectivity index (χ0n) is 10.5. The van der Waals surface area contributed by atoms with E-state index in [1.54, 1.807) is 30.3 Å². The lowest BCUT2D eigenvalue weighted by Gasteiger charge is -2.38. The first-order valence-electron chi connectivity index (χ1n) is 6.60. The molecule has 3 amide bonds. The minimum atomic E-state index is -0.550. The van der Waals surface area contributed by atoms with E-state index in [1.165, 1.54) is 4.90 Å². The van der Waals surface area contributed by atoms with E-state index in [0.717, 1.165) is 0 Å². The molecular weight excluding hydrogens is 256 g/mol. The Labute approximate surface area is 115 Å². The zero-order valence-corrected chi connectivity index (χ0v) is 10.5. The molecule has 3 heterocycles. The third-order valence-electron chi connectivity index (χ3n) is 4.32. The van der Waals surface area contributed by atoms with Gasteiger partial charge >= 0.3 is 0 Å². The lowest BCUT2D eigenvalue weighted by molar-refractivity contribution is -0.137. The number of fused-ring (bicyclic) bond motifs is 1. The minimum Gasteiger partial charge on any atom is -0.349 e. The van der Waals surface area contributed by atoms with Crippen molar-refractivity contribution in [3.63, 3.8) is 0 Å². The zero-order chi connectivity index (χ0) is 13.9. The standard InChI is InChI=1S/C15H12N2O3/c18-13-9-6-7-10(16-13)12-11(9)14(19)17(15(12)20)8-4-2-1-3-5-8/h1-7,9-12H,(H,16,18). The van der Waals surface area contributed by atoms with Crippen LogP contribution in [0.4, 0.5) is 5.69 Å². The normalized spacial score (nSPS) is 34.4. The summed E-state index contributed by atoms with van der Waals surface area (Å²) < 4.78 is 0. The number of carbonyl (C=O) groups is 3. The quantitative estimate of drug-likeness (QED) is 0.595. The van der Waals surface area contributed by atoms with Crippen LogP contribution in [0, 0.1) is 17.8 Å². The van der Waals surface area contributed by atoms with Gasteiger partial charge in [-0.15, -0.1) is 0 Å². The van der Waals surface area contributed by atoms with Crippen molar-refractivity contribution in [1.82, 2.24) is 5.32 Å². The van der Waals surface area contributed by atoms with Gasteiger partial charge in [0.05, 0.1) is 29.5 Å². The van der Waals surface area contributed by atoms with Crippen molar-refractivity contribution in [2.24, 2.45) is 17.8 Å². The highest BCUT2D eigenvalue weighted by atomic mass is 16.2. The maximum absolute atomic E-state index is 12.6. The fourth-order valence-electron chi connectivity index (χ4n) is 3.43. The maximum atomic E-state index is 12.6. The Morgan fingerprint density at radius 3 is 2.30 bits per heavy atom. The van der Waals surface area contributed by atoms with Gasteiger partial charge in [0.25, 0.3) is 0 Å². The molecule has 4 aliphatic rings. The van der Waals surface area contributed by atoms with Crippen LogP contribution in [0.3, 0.4) is 0 Å². The van der Waals surface area contributed by atoms with Gasteiger partial charge in [-0.1, -0.05) is 30.4 Å². The predicted octanol–water partition coefficient (Wildman–Crippen LogP) is 0.477. The Morgan fingerprint density at radius 2 is 1.60 bits per heavy atom. The average molecular weight is 268 g/mol. The van der Waals surface area contributed by atoms with Crippen molar-refractivity contribution >= 4 is 23.4 Å². The van der Waals surface area contributed by atoms with E-state index in [2.05, 4.69) is 5.32 Å². The van der Waals surface area contributed by atoms with Crippen molar-refractivity contribution in [2.75, 3.05) is 4.90 Å². The first kappa shape index (κ1) is 11.4. The smallest absolute Gasteiger partial charge is 0.240 e. The number of hydrogen-bond donors (Lipinski definition) is 1. The topological polar surface area (TPSA) is 66.5 Å². The molecule has 1 aliphatic carbocycles. The molecule has 0 spiro atoms. The van der Waals surface area contributed by atoms with Crippen LogP contribution in [0.1, 0.15) is 0 Å². The number of rotatable bonds is 1. The van der Waals surface area contributed by atoms with Crippen LogP contribution in [-0.4, -0.2) is 23.8 Å². The lowest BCUT2D eigenvalue weighted by atomic mass is 9.71. The second-order valence-corrected chi connectivity index (χ2v) is 5.34. The van der Waals surface area contributed by atoms with Crippen LogP contribution < -0.4 is 10.2 Å². The summed E-state index contributed by atoms with van der Waals surface area (Å²) in [6.45, 7) is 0. The molecule has 2 saturated heterocycles. The summed E-state index contributed by atoms with van der Waals surface area (Å²) in [5.74, 6) is -2.17. The molecule has 2 fully saturated rings. The molecule has 1 N–H and O–H groups in total. The van der Waals surface area contributed by atoms with E-state index in [1.807, 2.05) is 12.1 Å². The van der Waals surface area contributed by atoms with Crippen molar-refractivity contribution in [3.8, 4) is 0 Å². The summed E-state index contributed by atoms with van der Waals surface area (Å²) in [6, 6.07) is 8.51. The van der Waals surface area contributed by atoms with Crippen molar-refractivity contribution in [3.05, 3.63) is 42.5 Å². The molecule has 5 heteroatoms. The number of amides is 3. The summed E-state index contributed by atoms with van der Waals surface area (Å²) in [5.41, 5.74) is 0.573. The number of anilines is 1. The molecule has 0 radical (unpaired) electrons. The summed E-state index contributed by atoms with van der Waals surface area (Å²) in [7, 11) is 0. The number of nitrogens with zero attached hydrogens (tertiary/aromatic N) is 1. The van der Waals surface area contributed by atoms with Gasteiger partial charge in [0.2, 0.25) is 17.7 Å². The molecular formula is C15H12N2O3. The Kier molecular flexibility index (Phi) is 2.16. The number of nitrogens with one attached hydrogen (secondary N) is 1. The molecule has 5 nitrogen and oxygen atoms in total. The second-order valence-electron chi connectivity index (χ2n) is 5.34. The van der Waals surface area contributed by atoms with Crippen LogP contribution in [-0.2, 0) is 14.4 Å². The van der Waals surface area contributed by atoms with E-state index < -0.39 is 17.8 Å². The van der Waals surface area contributed by atoms with E-state index in [9.17, 15) is 14.4 Å². The molecule has 3 aliphatic heterocycles. The average Bonchev–Trinajstić information content (AvgIpc) is 2.74. The number of hydrogen-bond acceptors (Lipinski definition) is 3. The van der Waals surface area contributed by atoms with Gasteiger partial charge in [-0.05, 0) is 12.1 Å². The lowest BCUT2D eigenvalue weighted by Crippen LogP contribution is -2.57. The fraction of sp³-hybridized carbons (Fsp3) is 0.267. The molecule has 1 aromatic rings. The van der Waals surface area contributed by atoms with Crippen molar-refractivity contribution in [1.29, 1.82) is 0 Å². The molecule has 0 aromatic heterocycles. The molecule has 0 saturated carbocycles. The van der Waals surface area contributed by atoms with Gasteiger partial charge in [0.1, 0.15) is 0 Å². The molecule has 2 bridgehead atoms. The predicted molar refractivity (Wildman–Crippen MR) is 70.5 cm³/mol. The van der Waals surface area contributed by atoms with Gasteiger partial charge in [-0.2, -0.15) is 0 Å². The van der Waals surface area contributed by atoms with Gasteiger partial charge in [-0.3, -0.25) is 14.4 Å². The monoisotopic (exact) mass is 268 g/mol. The van der Waals surface area contributed by atoms with Crippen LogP contribution in [0.2, 0.25) is 0 Å². The summed E-state index contributed by atoms with van der Waals surface area (Å²) >= 11 is 0.